The Balaban J connectivity index is 1.52. The van der Waals surface area contributed by atoms with Crippen molar-refractivity contribution < 1.29 is 13.2 Å². The average Bonchev–Trinajstić information content (AvgIpc) is 3.00. The van der Waals surface area contributed by atoms with E-state index in [0.717, 1.165) is 42.3 Å². The van der Waals surface area contributed by atoms with E-state index in [1.54, 1.807) is 45.0 Å². The highest BCUT2D eigenvalue weighted by Crippen LogP contribution is 2.39. The maximum Gasteiger partial charge on any atom is 0.285 e. The normalized spacial score (nSPS) is 19.4. The van der Waals surface area contributed by atoms with Crippen LogP contribution in [-0.4, -0.2) is 48.2 Å². The number of carbonyl (C=O) groups is 1. The van der Waals surface area contributed by atoms with E-state index in [2.05, 4.69) is 16.3 Å². The number of sulfonamides is 1. The molecule has 2 heterocycles. The van der Waals surface area contributed by atoms with Crippen LogP contribution in [0.15, 0.2) is 60.3 Å². The van der Waals surface area contributed by atoms with E-state index in [1.165, 1.54) is 0 Å². The minimum absolute atomic E-state index is 0.00463. The zero-order chi connectivity index (χ0) is 24.5. The monoisotopic (exact) mass is 478 g/mol. The molecule has 0 aliphatic carbocycles. The summed E-state index contributed by atoms with van der Waals surface area (Å²) in [6, 6.07) is 18.6. The van der Waals surface area contributed by atoms with E-state index in [1.807, 2.05) is 30.3 Å². The third-order valence-electron chi connectivity index (χ3n) is 6.19. The number of amides is 1. The standard InChI is InChI=1S/C26H30N4O3S/c1-26(2,3)30-25(31)23(24(34(30,32)33)21-7-5-4-6-8-21)28-22-13-15-29(16-14-22)18-20-11-9-19(17-27)10-12-20/h4-12,22,28H,13-16,18H2,1-3H3. The molecule has 0 radical (unpaired) electrons. The van der Waals surface area contributed by atoms with Gasteiger partial charge < -0.3 is 5.32 Å². The first-order valence-corrected chi connectivity index (χ1v) is 12.9. The largest absolute Gasteiger partial charge is 0.377 e. The highest BCUT2D eigenvalue weighted by Gasteiger charge is 2.49. The van der Waals surface area contributed by atoms with Crippen molar-refractivity contribution in [3.8, 4) is 6.07 Å². The van der Waals surface area contributed by atoms with Crippen LogP contribution in [0.5, 0.6) is 0 Å². The van der Waals surface area contributed by atoms with Crippen molar-refractivity contribution >= 4 is 20.8 Å². The summed E-state index contributed by atoms with van der Waals surface area (Å²) < 4.78 is 28.0. The fourth-order valence-electron chi connectivity index (χ4n) is 4.59. The highest BCUT2D eigenvalue weighted by atomic mass is 32.2. The maximum absolute atomic E-state index is 13.5. The van der Waals surface area contributed by atoms with E-state index in [4.69, 9.17) is 5.26 Å². The summed E-state index contributed by atoms with van der Waals surface area (Å²) in [4.78, 5) is 15.8. The molecule has 178 valence electrons. The Labute approximate surface area is 201 Å². The fraction of sp³-hybridized carbons (Fsp3) is 0.385. The Hall–Kier alpha value is -3.15. The summed E-state index contributed by atoms with van der Waals surface area (Å²) in [5.74, 6) is -0.494. The van der Waals surface area contributed by atoms with Crippen LogP contribution in [0.3, 0.4) is 0 Å². The summed E-state index contributed by atoms with van der Waals surface area (Å²) in [6.07, 6.45) is 1.59. The van der Waals surface area contributed by atoms with Gasteiger partial charge in [-0.1, -0.05) is 42.5 Å². The smallest absolute Gasteiger partial charge is 0.285 e. The molecule has 1 amide bonds. The number of nitrogens with one attached hydrogen (secondary N) is 1. The molecular formula is C26H30N4O3S. The van der Waals surface area contributed by atoms with Gasteiger partial charge in [0.05, 0.1) is 17.2 Å². The lowest BCUT2D eigenvalue weighted by molar-refractivity contribution is -0.125. The molecule has 2 aromatic carbocycles. The Kier molecular flexibility index (Phi) is 6.52. The molecule has 2 aromatic rings. The molecule has 7 nitrogen and oxygen atoms in total. The minimum Gasteiger partial charge on any atom is -0.377 e. The number of likely N-dealkylation sites (tertiary alicyclic amines) is 1. The van der Waals surface area contributed by atoms with E-state index in [0.29, 0.717) is 11.1 Å². The molecule has 4 rings (SSSR count). The lowest BCUT2D eigenvalue weighted by Crippen LogP contribution is -2.48. The fourth-order valence-corrected chi connectivity index (χ4v) is 6.64. The number of piperidine rings is 1. The number of nitriles is 1. The molecular weight excluding hydrogens is 448 g/mol. The number of rotatable bonds is 5. The summed E-state index contributed by atoms with van der Waals surface area (Å²) >= 11 is 0. The molecule has 0 aromatic heterocycles. The molecule has 8 heteroatoms. The van der Waals surface area contributed by atoms with Gasteiger partial charge in [0.2, 0.25) is 0 Å². The van der Waals surface area contributed by atoms with Gasteiger partial charge in [-0.05, 0) is 56.9 Å². The topological polar surface area (TPSA) is 93.5 Å². The maximum atomic E-state index is 13.5. The lowest BCUT2D eigenvalue weighted by Gasteiger charge is -2.33. The third kappa shape index (κ3) is 4.72. The second kappa shape index (κ2) is 9.24. The zero-order valence-corrected chi connectivity index (χ0v) is 20.6. The number of nitrogens with zero attached hydrogens (tertiary/aromatic N) is 3. The molecule has 0 unspecified atom stereocenters. The predicted octanol–water partition coefficient (Wildman–Crippen LogP) is 3.45. The van der Waals surface area contributed by atoms with Gasteiger partial charge in [-0.25, -0.2) is 12.7 Å². The van der Waals surface area contributed by atoms with Crippen LogP contribution in [0.25, 0.3) is 4.91 Å². The van der Waals surface area contributed by atoms with Crippen molar-refractivity contribution in [3.63, 3.8) is 0 Å². The van der Waals surface area contributed by atoms with Crippen LogP contribution in [0.1, 0.15) is 50.3 Å². The van der Waals surface area contributed by atoms with Crippen molar-refractivity contribution in [2.24, 2.45) is 0 Å². The molecule has 34 heavy (non-hydrogen) atoms. The van der Waals surface area contributed by atoms with E-state index in [-0.39, 0.29) is 16.6 Å². The zero-order valence-electron chi connectivity index (χ0n) is 19.8. The van der Waals surface area contributed by atoms with Gasteiger partial charge in [-0.2, -0.15) is 5.26 Å². The van der Waals surface area contributed by atoms with Crippen molar-refractivity contribution in [3.05, 3.63) is 77.0 Å². The van der Waals surface area contributed by atoms with Gasteiger partial charge in [0, 0.05) is 25.7 Å². The molecule has 2 aliphatic rings. The number of carbonyl (C=O) groups excluding carboxylic acids is 1. The molecule has 0 bridgehead atoms. The summed E-state index contributed by atoms with van der Waals surface area (Å²) in [6.45, 7) is 7.65. The average molecular weight is 479 g/mol. The van der Waals surface area contributed by atoms with E-state index in [9.17, 15) is 13.2 Å². The summed E-state index contributed by atoms with van der Waals surface area (Å²) in [5.41, 5.74) is 1.62. The van der Waals surface area contributed by atoms with Crippen LogP contribution in [0.4, 0.5) is 0 Å². The molecule has 0 saturated carbocycles. The molecule has 0 atom stereocenters. The SMILES string of the molecule is CC(C)(C)N1C(=O)C(NC2CCN(Cc3ccc(C#N)cc3)CC2)=C(c2ccccc2)S1(=O)=O. The molecule has 2 aliphatic heterocycles. The molecule has 1 saturated heterocycles. The Morgan fingerprint density at radius 3 is 2.21 bits per heavy atom. The van der Waals surface area contributed by atoms with Crippen molar-refractivity contribution in [2.75, 3.05) is 13.1 Å². The first kappa shape index (κ1) is 24.0. The Morgan fingerprint density at radius 1 is 1.03 bits per heavy atom. The van der Waals surface area contributed by atoms with Crippen molar-refractivity contribution in [1.82, 2.24) is 14.5 Å². The molecule has 1 N–H and O–H groups in total. The number of benzene rings is 2. The molecule has 0 spiro atoms. The second-order valence-electron chi connectivity index (χ2n) is 9.82. The Bertz CT molecular complexity index is 1230. The lowest BCUT2D eigenvalue weighted by atomic mass is 10.0. The van der Waals surface area contributed by atoms with Gasteiger partial charge in [0.25, 0.3) is 15.9 Å². The van der Waals surface area contributed by atoms with E-state index >= 15 is 0 Å². The van der Waals surface area contributed by atoms with Crippen molar-refractivity contribution in [1.29, 1.82) is 5.26 Å². The first-order valence-electron chi connectivity index (χ1n) is 11.5. The van der Waals surface area contributed by atoms with Crippen LogP contribution in [-0.2, 0) is 21.4 Å². The quantitative estimate of drug-likeness (QED) is 0.708. The van der Waals surface area contributed by atoms with Gasteiger partial charge >= 0.3 is 0 Å². The predicted molar refractivity (Wildman–Crippen MR) is 131 cm³/mol. The van der Waals surface area contributed by atoms with Gasteiger partial charge in [0.15, 0.2) is 0 Å². The van der Waals surface area contributed by atoms with Gasteiger partial charge in [-0.15, -0.1) is 0 Å². The van der Waals surface area contributed by atoms with Crippen LogP contribution in [0, 0.1) is 11.3 Å². The molecule has 1 fully saturated rings. The van der Waals surface area contributed by atoms with Gasteiger partial charge in [-0.3, -0.25) is 9.69 Å². The minimum atomic E-state index is -3.98. The highest BCUT2D eigenvalue weighted by molar-refractivity contribution is 7.99. The van der Waals surface area contributed by atoms with Gasteiger partial charge in [0.1, 0.15) is 10.6 Å². The summed E-state index contributed by atoms with van der Waals surface area (Å²) in [7, 11) is -3.98. The first-order chi connectivity index (χ1) is 16.1. The van der Waals surface area contributed by atoms with Crippen molar-refractivity contribution in [2.45, 2.75) is 51.7 Å². The van der Waals surface area contributed by atoms with E-state index < -0.39 is 21.5 Å². The summed E-state index contributed by atoms with van der Waals surface area (Å²) in [5, 5.41) is 12.3. The number of hydrogen-bond donors (Lipinski definition) is 1. The second-order valence-corrected chi connectivity index (χ2v) is 11.5. The van der Waals surface area contributed by atoms with Crippen LogP contribution in [0.2, 0.25) is 0 Å². The number of hydrogen-bond acceptors (Lipinski definition) is 6. The Morgan fingerprint density at radius 2 is 1.65 bits per heavy atom. The van der Waals surface area contributed by atoms with Crippen LogP contribution >= 0.6 is 0 Å². The van der Waals surface area contributed by atoms with Crippen LogP contribution < -0.4 is 5.32 Å². The third-order valence-corrected chi connectivity index (χ3v) is 8.34.